The van der Waals surface area contributed by atoms with Gasteiger partial charge < -0.3 is 10.6 Å². The van der Waals surface area contributed by atoms with Gasteiger partial charge in [0.1, 0.15) is 0 Å². The van der Waals surface area contributed by atoms with Crippen LogP contribution in [0.1, 0.15) is 18.4 Å². The second kappa shape index (κ2) is 7.25. The van der Waals surface area contributed by atoms with Gasteiger partial charge in [-0.3, -0.25) is 9.78 Å². The van der Waals surface area contributed by atoms with Crippen molar-refractivity contribution >= 4 is 18.3 Å². The third kappa shape index (κ3) is 4.71. The summed E-state index contributed by atoms with van der Waals surface area (Å²) in [6.45, 7) is 1.95. The zero-order chi connectivity index (χ0) is 11.2. The summed E-state index contributed by atoms with van der Waals surface area (Å²) in [4.78, 5) is 15.7. The van der Waals surface area contributed by atoms with Crippen molar-refractivity contribution in [2.45, 2.75) is 25.3 Å². The SMILES string of the molecule is Cl.O=C(Cc1cccnc1)NC1CCCNC1. The summed E-state index contributed by atoms with van der Waals surface area (Å²) in [7, 11) is 0. The Labute approximate surface area is 108 Å². The second-order valence-electron chi connectivity index (χ2n) is 4.15. The molecule has 1 unspecified atom stereocenters. The number of nitrogens with one attached hydrogen (secondary N) is 2. The molecule has 2 rings (SSSR count). The van der Waals surface area contributed by atoms with Gasteiger partial charge in [-0.2, -0.15) is 0 Å². The largest absolute Gasteiger partial charge is 0.352 e. The number of amides is 1. The van der Waals surface area contributed by atoms with E-state index in [9.17, 15) is 4.79 Å². The van der Waals surface area contributed by atoms with E-state index in [1.54, 1.807) is 12.4 Å². The number of piperidine rings is 1. The first-order valence-electron chi connectivity index (χ1n) is 5.73. The summed E-state index contributed by atoms with van der Waals surface area (Å²) in [6.07, 6.45) is 6.08. The van der Waals surface area contributed by atoms with E-state index < -0.39 is 0 Å². The number of hydrogen-bond donors (Lipinski definition) is 2. The van der Waals surface area contributed by atoms with Crippen LogP contribution >= 0.6 is 12.4 Å². The van der Waals surface area contributed by atoms with Crippen molar-refractivity contribution in [3.05, 3.63) is 30.1 Å². The molecule has 0 saturated carbocycles. The van der Waals surface area contributed by atoms with Gasteiger partial charge in [-0.15, -0.1) is 12.4 Å². The lowest BCUT2D eigenvalue weighted by Gasteiger charge is -2.23. The molecule has 0 bridgehead atoms. The highest BCUT2D eigenvalue weighted by atomic mass is 35.5. The molecule has 1 aliphatic heterocycles. The highest BCUT2D eigenvalue weighted by Gasteiger charge is 2.15. The number of hydrogen-bond acceptors (Lipinski definition) is 3. The summed E-state index contributed by atoms with van der Waals surface area (Å²) in [5.74, 6) is 0.0849. The Hall–Kier alpha value is -1.13. The Morgan fingerprint density at radius 3 is 3.12 bits per heavy atom. The fourth-order valence-electron chi connectivity index (χ4n) is 1.94. The predicted molar refractivity (Wildman–Crippen MR) is 69.2 cm³/mol. The monoisotopic (exact) mass is 255 g/mol. The fraction of sp³-hybridized carbons (Fsp3) is 0.500. The standard InChI is InChI=1S/C12H17N3O.ClH/c16-12(7-10-3-1-5-13-8-10)15-11-4-2-6-14-9-11;/h1,3,5,8,11,14H,2,4,6-7,9H2,(H,15,16);1H. The van der Waals surface area contributed by atoms with E-state index in [1.807, 2.05) is 12.1 Å². The summed E-state index contributed by atoms with van der Waals surface area (Å²) in [6, 6.07) is 4.06. The highest BCUT2D eigenvalue weighted by Crippen LogP contribution is 2.02. The van der Waals surface area contributed by atoms with Gasteiger partial charge in [0.25, 0.3) is 0 Å². The van der Waals surface area contributed by atoms with E-state index in [1.165, 1.54) is 0 Å². The van der Waals surface area contributed by atoms with Crippen molar-refractivity contribution in [1.29, 1.82) is 0 Å². The minimum atomic E-state index is 0. The van der Waals surface area contributed by atoms with Crippen molar-refractivity contribution in [2.24, 2.45) is 0 Å². The molecule has 0 radical (unpaired) electrons. The third-order valence-electron chi connectivity index (χ3n) is 2.75. The maximum atomic E-state index is 11.7. The molecule has 0 aliphatic carbocycles. The van der Waals surface area contributed by atoms with Crippen molar-refractivity contribution in [2.75, 3.05) is 13.1 Å². The van der Waals surface area contributed by atoms with E-state index >= 15 is 0 Å². The van der Waals surface area contributed by atoms with Gasteiger partial charge >= 0.3 is 0 Å². The van der Waals surface area contributed by atoms with E-state index in [2.05, 4.69) is 15.6 Å². The van der Waals surface area contributed by atoms with E-state index in [0.717, 1.165) is 31.5 Å². The molecule has 17 heavy (non-hydrogen) atoms. The van der Waals surface area contributed by atoms with E-state index in [0.29, 0.717) is 6.42 Å². The quantitative estimate of drug-likeness (QED) is 0.844. The first-order chi connectivity index (χ1) is 7.84. The lowest BCUT2D eigenvalue weighted by Crippen LogP contribution is -2.46. The van der Waals surface area contributed by atoms with Crippen LogP contribution in [0.4, 0.5) is 0 Å². The Kier molecular flexibility index (Phi) is 5.94. The van der Waals surface area contributed by atoms with Gasteiger partial charge in [0, 0.05) is 25.0 Å². The van der Waals surface area contributed by atoms with Crippen LogP contribution in [-0.2, 0) is 11.2 Å². The molecule has 1 fully saturated rings. The summed E-state index contributed by atoms with van der Waals surface area (Å²) < 4.78 is 0. The zero-order valence-electron chi connectivity index (χ0n) is 9.69. The van der Waals surface area contributed by atoms with Gasteiger partial charge in [-0.25, -0.2) is 0 Å². The number of halogens is 1. The lowest BCUT2D eigenvalue weighted by molar-refractivity contribution is -0.121. The molecule has 94 valence electrons. The Morgan fingerprint density at radius 2 is 2.47 bits per heavy atom. The second-order valence-corrected chi connectivity index (χ2v) is 4.15. The number of rotatable bonds is 3. The van der Waals surface area contributed by atoms with Crippen molar-refractivity contribution < 1.29 is 4.79 Å². The van der Waals surface area contributed by atoms with Crippen LogP contribution in [0, 0.1) is 0 Å². The average Bonchev–Trinajstić information content (AvgIpc) is 2.31. The van der Waals surface area contributed by atoms with Gasteiger partial charge in [-0.05, 0) is 31.0 Å². The number of pyridine rings is 1. The first-order valence-corrected chi connectivity index (χ1v) is 5.73. The molecule has 2 heterocycles. The third-order valence-corrected chi connectivity index (χ3v) is 2.75. The maximum absolute atomic E-state index is 11.7. The molecule has 5 heteroatoms. The number of carbonyl (C=O) groups is 1. The predicted octanol–water partition coefficient (Wildman–Crippen LogP) is 0.914. The van der Waals surface area contributed by atoms with Crippen molar-refractivity contribution in [1.82, 2.24) is 15.6 Å². The minimum Gasteiger partial charge on any atom is -0.352 e. The van der Waals surface area contributed by atoms with Gasteiger partial charge in [0.05, 0.1) is 6.42 Å². The molecular formula is C12H18ClN3O. The zero-order valence-corrected chi connectivity index (χ0v) is 10.5. The molecule has 1 amide bonds. The van der Waals surface area contributed by atoms with Gasteiger partial charge in [0.15, 0.2) is 0 Å². The van der Waals surface area contributed by atoms with Crippen molar-refractivity contribution in [3.63, 3.8) is 0 Å². The minimum absolute atomic E-state index is 0. The molecule has 4 nitrogen and oxygen atoms in total. The van der Waals surface area contributed by atoms with Crippen LogP contribution in [0.5, 0.6) is 0 Å². The number of nitrogens with zero attached hydrogens (tertiary/aromatic N) is 1. The lowest BCUT2D eigenvalue weighted by atomic mass is 10.1. The number of carbonyl (C=O) groups excluding carboxylic acids is 1. The fourth-order valence-corrected chi connectivity index (χ4v) is 1.94. The molecular weight excluding hydrogens is 238 g/mol. The topological polar surface area (TPSA) is 54.0 Å². The average molecular weight is 256 g/mol. The van der Waals surface area contributed by atoms with Gasteiger partial charge in [0.2, 0.25) is 5.91 Å². The van der Waals surface area contributed by atoms with Crippen molar-refractivity contribution in [3.8, 4) is 0 Å². The van der Waals surface area contributed by atoms with Crippen LogP contribution in [0.2, 0.25) is 0 Å². The molecule has 1 aromatic heterocycles. The Balaban J connectivity index is 0.00000144. The van der Waals surface area contributed by atoms with Crippen LogP contribution < -0.4 is 10.6 Å². The van der Waals surface area contributed by atoms with Crippen LogP contribution in [-0.4, -0.2) is 30.0 Å². The molecule has 1 aromatic rings. The molecule has 1 atom stereocenters. The van der Waals surface area contributed by atoms with E-state index in [4.69, 9.17) is 0 Å². The Bertz CT molecular complexity index is 339. The normalized spacial score (nSPS) is 19.2. The maximum Gasteiger partial charge on any atom is 0.224 e. The van der Waals surface area contributed by atoms with Crippen LogP contribution in [0.15, 0.2) is 24.5 Å². The van der Waals surface area contributed by atoms with Crippen LogP contribution in [0.3, 0.4) is 0 Å². The molecule has 2 N–H and O–H groups in total. The summed E-state index contributed by atoms with van der Waals surface area (Å²) >= 11 is 0. The number of aromatic nitrogens is 1. The first kappa shape index (κ1) is 13.9. The smallest absolute Gasteiger partial charge is 0.224 e. The highest BCUT2D eigenvalue weighted by molar-refractivity contribution is 5.85. The summed E-state index contributed by atoms with van der Waals surface area (Å²) in [5, 5.41) is 6.32. The molecule has 0 aromatic carbocycles. The molecule has 1 saturated heterocycles. The molecule has 1 aliphatic rings. The Morgan fingerprint density at radius 1 is 1.59 bits per heavy atom. The van der Waals surface area contributed by atoms with E-state index in [-0.39, 0.29) is 24.4 Å². The summed E-state index contributed by atoms with van der Waals surface area (Å²) in [5.41, 5.74) is 0.962. The molecule has 0 spiro atoms. The van der Waals surface area contributed by atoms with Gasteiger partial charge in [-0.1, -0.05) is 6.07 Å². The van der Waals surface area contributed by atoms with Crippen LogP contribution in [0.25, 0.3) is 0 Å².